The molecule has 0 aliphatic heterocycles. The number of nitrogens with one attached hydrogen (secondary N) is 1. The molecular weight excluding hydrogens is 200 g/mol. The molecule has 1 fully saturated rings. The summed E-state index contributed by atoms with van der Waals surface area (Å²) in [6.45, 7) is 7.77. The number of rotatable bonds is 6. The molecule has 2 unspecified atom stereocenters. The molecule has 0 heterocycles. The standard InChI is InChI=1S/C13H28N2O/c1-4-11(5-8-16)15-13(10-14)7-6-12(2,3)9-13/h11,15-16H,4-10,14H2,1-3H3. The molecule has 3 nitrogen and oxygen atoms in total. The third-order valence-corrected chi connectivity index (χ3v) is 3.97. The van der Waals surface area contributed by atoms with Gasteiger partial charge in [-0.05, 0) is 37.5 Å². The highest BCUT2D eigenvalue weighted by atomic mass is 16.3. The first-order chi connectivity index (χ1) is 7.47. The molecular formula is C13H28N2O. The van der Waals surface area contributed by atoms with E-state index in [0.717, 1.165) is 19.3 Å². The number of aliphatic hydroxyl groups is 1. The van der Waals surface area contributed by atoms with Crippen LogP contribution in [-0.2, 0) is 0 Å². The van der Waals surface area contributed by atoms with Crippen molar-refractivity contribution in [2.24, 2.45) is 11.1 Å². The minimum Gasteiger partial charge on any atom is -0.396 e. The molecule has 0 aromatic rings. The van der Waals surface area contributed by atoms with Crippen molar-refractivity contribution in [2.75, 3.05) is 13.2 Å². The van der Waals surface area contributed by atoms with E-state index >= 15 is 0 Å². The maximum Gasteiger partial charge on any atom is 0.0445 e. The largest absolute Gasteiger partial charge is 0.396 e. The van der Waals surface area contributed by atoms with Gasteiger partial charge in [-0.3, -0.25) is 0 Å². The summed E-state index contributed by atoms with van der Waals surface area (Å²) in [7, 11) is 0. The number of hydrogen-bond donors (Lipinski definition) is 3. The van der Waals surface area contributed by atoms with E-state index in [1.807, 2.05) is 0 Å². The predicted octanol–water partition coefficient (Wildman–Crippen LogP) is 1.64. The van der Waals surface area contributed by atoms with Gasteiger partial charge < -0.3 is 16.2 Å². The van der Waals surface area contributed by atoms with Gasteiger partial charge in [0.1, 0.15) is 0 Å². The maximum absolute atomic E-state index is 9.03. The summed E-state index contributed by atoms with van der Waals surface area (Å²) < 4.78 is 0. The summed E-state index contributed by atoms with van der Waals surface area (Å²) in [6.07, 6.45) is 5.45. The fourth-order valence-electron chi connectivity index (χ4n) is 2.99. The first-order valence-corrected chi connectivity index (χ1v) is 6.55. The second kappa shape index (κ2) is 5.48. The van der Waals surface area contributed by atoms with Crippen molar-refractivity contribution < 1.29 is 5.11 Å². The van der Waals surface area contributed by atoms with Crippen LogP contribution in [0.15, 0.2) is 0 Å². The number of hydrogen-bond acceptors (Lipinski definition) is 3. The topological polar surface area (TPSA) is 58.3 Å². The molecule has 0 aromatic carbocycles. The molecule has 2 atom stereocenters. The molecule has 0 aromatic heterocycles. The Hall–Kier alpha value is -0.120. The Kier molecular flexibility index (Phi) is 4.77. The molecule has 0 bridgehead atoms. The normalized spacial score (nSPS) is 30.6. The second-order valence-corrected chi connectivity index (χ2v) is 6.09. The Balaban J connectivity index is 2.60. The lowest BCUT2D eigenvalue weighted by atomic mass is 9.87. The van der Waals surface area contributed by atoms with Gasteiger partial charge in [0.05, 0.1) is 0 Å². The molecule has 16 heavy (non-hydrogen) atoms. The Labute approximate surface area is 99.8 Å². The maximum atomic E-state index is 9.03. The van der Waals surface area contributed by atoms with Gasteiger partial charge in [0.2, 0.25) is 0 Å². The van der Waals surface area contributed by atoms with Gasteiger partial charge >= 0.3 is 0 Å². The van der Waals surface area contributed by atoms with Crippen LogP contribution >= 0.6 is 0 Å². The van der Waals surface area contributed by atoms with Crippen LogP contribution in [-0.4, -0.2) is 29.8 Å². The van der Waals surface area contributed by atoms with Crippen LogP contribution in [0.2, 0.25) is 0 Å². The molecule has 0 saturated heterocycles. The Morgan fingerprint density at radius 3 is 2.44 bits per heavy atom. The van der Waals surface area contributed by atoms with Crippen LogP contribution in [0.25, 0.3) is 0 Å². The quantitative estimate of drug-likeness (QED) is 0.648. The summed E-state index contributed by atoms with van der Waals surface area (Å²) in [5.74, 6) is 0. The zero-order valence-corrected chi connectivity index (χ0v) is 11.1. The number of nitrogens with two attached hydrogens (primary N) is 1. The molecule has 1 saturated carbocycles. The second-order valence-electron chi connectivity index (χ2n) is 6.09. The van der Waals surface area contributed by atoms with Gasteiger partial charge in [-0.15, -0.1) is 0 Å². The highest BCUT2D eigenvalue weighted by Gasteiger charge is 2.42. The average Bonchev–Trinajstić information content (AvgIpc) is 2.54. The fraction of sp³-hybridized carbons (Fsp3) is 1.00. The SMILES string of the molecule is CCC(CCO)NC1(CN)CCC(C)(C)C1. The Bertz CT molecular complexity index is 218. The van der Waals surface area contributed by atoms with Crippen LogP contribution < -0.4 is 11.1 Å². The van der Waals surface area contributed by atoms with E-state index in [9.17, 15) is 0 Å². The van der Waals surface area contributed by atoms with Crippen molar-refractivity contribution in [2.45, 2.75) is 64.5 Å². The van der Waals surface area contributed by atoms with Gasteiger partial charge in [-0.1, -0.05) is 20.8 Å². The molecule has 0 amide bonds. The molecule has 1 aliphatic rings. The molecule has 4 N–H and O–H groups in total. The highest BCUT2D eigenvalue weighted by molar-refractivity contribution is 5.01. The fourth-order valence-corrected chi connectivity index (χ4v) is 2.99. The summed E-state index contributed by atoms with van der Waals surface area (Å²) in [6, 6.07) is 0.405. The van der Waals surface area contributed by atoms with Crippen molar-refractivity contribution in [3.8, 4) is 0 Å². The van der Waals surface area contributed by atoms with E-state index in [1.165, 1.54) is 12.8 Å². The van der Waals surface area contributed by atoms with Crippen molar-refractivity contribution in [3.63, 3.8) is 0 Å². The number of aliphatic hydroxyl groups excluding tert-OH is 1. The minimum absolute atomic E-state index is 0.110. The van der Waals surface area contributed by atoms with E-state index in [1.54, 1.807) is 0 Å². The lowest BCUT2D eigenvalue weighted by molar-refractivity contribution is 0.217. The predicted molar refractivity (Wildman–Crippen MR) is 68.3 cm³/mol. The van der Waals surface area contributed by atoms with Crippen LogP contribution in [0.1, 0.15) is 52.9 Å². The van der Waals surface area contributed by atoms with Gasteiger partial charge in [0.25, 0.3) is 0 Å². The monoisotopic (exact) mass is 228 g/mol. The van der Waals surface area contributed by atoms with E-state index in [-0.39, 0.29) is 12.1 Å². The third kappa shape index (κ3) is 3.44. The highest BCUT2D eigenvalue weighted by Crippen LogP contribution is 2.43. The van der Waals surface area contributed by atoms with Gasteiger partial charge in [-0.2, -0.15) is 0 Å². The zero-order chi connectivity index (χ0) is 12.2. The van der Waals surface area contributed by atoms with Gasteiger partial charge in [-0.25, -0.2) is 0 Å². The lowest BCUT2D eigenvalue weighted by Gasteiger charge is -2.35. The van der Waals surface area contributed by atoms with E-state index < -0.39 is 0 Å². The summed E-state index contributed by atoms with van der Waals surface area (Å²) in [5, 5.41) is 12.7. The van der Waals surface area contributed by atoms with Crippen LogP contribution in [0, 0.1) is 5.41 Å². The van der Waals surface area contributed by atoms with Crippen LogP contribution in [0.3, 0.4) is 0 Å². The van der Waals surface area contributed by atoms with Gasteiger partial charge in [0.15, 0.2) is 0 Å². The van der Waals surface area contributed by atoms with Crippen molar-refractivity contribution >= 4 is 0 Å². The summed E-state index contributed by atoms with van der Waals surface area (Å²) >= 11 is 0. The molecule has 1 aliphatic carbocycles. The van der Waals surface area contributed by atoms with Crippen LogP contribution in [0.5, 0.6) is 0 Å². The van der Waals surface area contributed by atoms with E-state index in [4.69, 9.17) is 10.8 Å². The first kappa shape index (κ1) is 13.9. The smallest absolute Gasteiger partial charge is 0.0445 e. The van der Waals surface area contributed by atoms with E-state index in [2.05, 4.69) is 26.1 Å². The molecule has 1 rings (SSSR count). The molecule has 0 spiro atoms. The molecule has 3 heteroatoms. The molecule has 96 valence electrons. The summed E-state index contributed by atoms with van der Waals surface area (Å²) in [5.41, 5.74) is 6.48. The third-order valence-electron chi connectivity index (χ3n) is 3.97. The van der Waals surface area contributed by atoms with Crippen molar-refractivity contribution in [1.29, 1.82) is 0 Å². The van der Waals surface area contributed by atoms with Crippen molar-refractivity contribution in [1.82, 2.24) is 5.32 Å². The molecule has 0 radical (unpaired) electrons. The zero-order valence-electron chi connectivity index (χ0n) is 11.1. The lowest BCUT2D eigenvalue weighted by Crippen LogP contribution is -2.54. The summed E-state index contributed by atoms with van der Waals surface area (Å²) in [4.78, 5) is 0. The minimum atomic E-state index is 0.110. The van der Waals surface area contributed by atoms with Gasteiger partial charge in [0, 0.05) is 24.7 Å². The van der Waals surface area contributed by atoms with E-state index in [0.29, 0.717) is 18.0 Å². The first-order valence-electron chi connectivity index (χ1n) is 6.55. The average molecular weight is 228 g/mol. The van der Waals surface area contributed by atoms with Crippen molar-refractivity contribution in [3.05, 3.63) is 0 Å². The Morgan fingerprint density at radius 2 is 2.06 bits per heavy atom. The van der Waals surface area contributed by atoms with Crippen LogP contribution in [0.4, 0.5) is 0 Å². The Morgan fingerprint density at radius 1 is 1.38 bits per heavy atom.